The van der Waals surface area contributed by atoms with Crippen LogP contribution in [0.4, 0.5) is 0 Å². The largest absolute Gasteiger partial charge is 0.504 e. The molecule has 0 fully saturated rings. The average Bonchev–Trinajstić information content (AvgIpc) is 2.69. The lowest BCUT2D eigenvalue weighted by Crippen LogP contribution is -2.24. The molecule has 3 rings (SSSR count). The maximum atomic E-state index is 12.0. The second-order valence-corrected chi connectivity index (χ2v) is 7.03. The number of nitrogens with one attached hydrogen (secondary N) is 1. The summed E-state index contributed by atoms with van der Waals surface area (Å²) in [5, 5.41) is 13.5. The third-order valence-electron chi connectivity index (χ3n) is 4.39. The maximum absolute atomic E-state index is 12.0. The van der Waals surface area contributed by atoms with Gasteiger partial charge in [-0.3, -0.25) is 4.79 Å². The predicted molar refractivity (Wildman–Crippen MR) is 107 cm³/mol. The molecule has 0 saturated heterocycles. The van der Waals surface area contributed by atoms with E-state index in [-0.39, 0.29) is 18.3 Å². The van der Waals surface area contributed by atoms with E-state index in [2.05, 4.69) is 32.5 Å². The van der Waals surface area contributed by atoms with Crippen molar-refractivity contribution < 1.29 is 19.4 Å². The number of aromatic hydroxyl groups is 1. The van der Waals surface area contributed by atoms with Crippen LogP contribution in [-0.2, 0) is 17.6 Å². The number of carbonyl (C=O) groups excluding carboxylic acids is 1. The molecule has 142 valence electrons. The van der Waals surface area contributed by atoms with Gasteiger partial charge in [0.05, 0.1) is 17.8 Å². The van der Waals surface area contributed by atoms with Crippen LogP contribution in [0.5, 0.6) is 17.2 Å². The summed E-state index contributed by atoms with van der Waals surface area (Å²) in [5.41, 5.74) is 5.73. The lowest BCUT2D eigenvalue weighted by atomic mass is 9.92. The van der Waals surface area contributed by atoms with Gasteiger partial charge in [-0.15, -0.1) is 0 Å². The summed E-state index contributed by atoms with van der Waals surface area (Å²) in [6, 6.07) is 8.75. The molecule has 2 aromatic rings. The van der Waals surface area contributed by atoms with Crippen LogP contribution in [0.2, 0.25) is 0 Å². The molecular weight excluding hydrogens is 412 g/mol. The number of benzene rings is 2. The number of amides is 1. The number of hydrazone groups is 1. The van der Waals surface area contributed by atoms with E-state index in [1.807, 2.05) is 6.07 Å². The number of hydrogen-bond acceptors (Lipinski definition) is 5. The van der Waals surface area contributed by atoms with Gasteiger partial charge in [0.25, 0.3) is 5.91 Å². The summed E-state index contributed by atoms with van der Waals surface area (Å²) >= 11 is 3.60. The van der Waals surface area contributed by atoms with Gasteiger partial charge in [0.2, 0.25) is 0 Å². The Hall–Kier alpha value is -2.54. The van der Waals surface area contributed by atoms with Gasteiger partial charge in [0.15, 0.2) is 18.1 Å². The zero-order valence-corrected chi connectivity index (χ0v) is 16.6. The Morgan fingerprint density at radius 2 is 2.07 bits per heavy atom. The van der Waals surface area contributed by atoms with Gasteiger partial charge in [-0.05, 0) is 82.6 Å². The van der Waals surface area contributed by atoms with E-state index in [0.717, 1.165) is 17.3 Å². The highest BCUT2D eigenvalue weighted by molar-refractivity contribution is 9.10. The highest BCUT2D eigenvalue weighted by Crippen LogP contribution is 2.35. The quantitative estimate of drug-likeness (QED) is 0.539. The zero-order chi connectivity index (χ0) is 19.2. The van der Waals surface area contributed by atoms with Crippen LogP contribution in [0.3, 0.4) is 0 Å². The molecule has 0 unspecified atom stereocenters. The first-order valence-corrected chi connectivity index (χ1v) is 9.49. The standard InChI is InChI=1S/C20H21BrN2O4/c1-26-18-10-13(6-8-16(18)24)11-22-23-19(25)12-27-17-9-7-14-4-2-3-5-15(14)20(17)21/h6-11,24H,2-5,12H2,1H3,(H,23,25). The Labute approximate surface area is 166 Å². The number of carbonyl (C=O) groups is 1. The predicted octanol–water partition coefficient (Wildman–Crippen LogP) is 3.57. The van der Waals surface area contributed by atoms with Crippen LogP contribution in [0.15, 0.2) is 39.9 Å². The summed E-state index contributed by atoms with van der Waals surface area (Å²) in [6.45, 7) is -0.131. The van der Waals surface area contributed by atoms with Crippen LogP contribution < -0.4 is 14.9 Å². The fraction of sp³-hybridized carbons (Fsp3) is 0.300. The maximum Gasteiger partial charge on any atom is 0.277 e. The normalized spacial score (nSPS) is 13.3. The number of nitrogens with zero attached hydrogens (tertiary/aromatic N) is 1. The number of fused-ring (bicyclic) bond motifs is 1. The van der Waals surface area contributed by atoms with Crippen molar-refractivity contribution in [2.75, 3.05) is 13.7 Å². The molecule has 0 spiro atoms. The molecule has 0 saturated carbocycles. The number of halogens is 1. The molecule has 2 N–H and O–H groups in total. The van der Waals surface area contributed by atoms with E-state index in [1.54, 1.807) is 12.1 Å². The highest BCUT2D eigenvalue weighted by Gasteiger charge is 2.16. The third-order valence-corrected chi connectivity index (χ3v) is 5.26. The Balaban J connectivity index is 1.54. The molecular formula is C20H21BrN2O4. The SMILES string of the molecule is COc1cc(C=NNC(=O)COc2ccc3c(c2Br)CCCC3)ccc1O. The van der Waals surface area contributed by atoms with Gasteiger partial charge >= 0.3 is 0 Å². The van der Waals surface area contributed by atoms with Gasteiger partial charge in [0, 0.05) is 0 Å². The van der Waals surface area contributed by atoms with Gasteiger partial charge in [-0.2, -0.15) is 5.10 Å². The minimum Gasteiger partial charge on any atom is -0.504 e. The molecule has 2 aromatic carbocycles. The highest BCUT2D eigenvalue weighted by atomic mass is 79.9. The lowest BCUT2D eigenvalue weighted by molar-refractivity contribution is -0.123. The Bertz CT molecular complexity index is 867. The first-order valence-electron chi connectivity index (χ1n) is 8.70. The molecule has 1 aliphatic rings. The number of phenolic OH excluding ortho intramolecular Hbond substituents is 1. The van der Waals surface area contributed by atoms with Crippen molar-refractivity contribution in [3.05, 3.63) is 51.5 Å². The monoisotopic (exact) mass is 432 g/mol. The second kappa shape index (κ2) is 8.90. The smallest absolute Gasteiger partial charge is 0.277 e. The number of rotatable bonds is 6. The molecule has 0 aromatic heterocycles. The molecule has 0 bridgehead atoms. The fourth-order valence-corrected chi connectivity index (χ4v) is 3.70. The van der Waals surface area contributed by atoms with E-state index in [1.165, 1.54) is 43.4 Å². The third kappa shape index (κ3) is 4.80. The summed E-state index contributed by atoms with van der Waals surface area (Å²) in [5.74, 6) is 0.688. The zero-order valence-electron chi connectivity index (χ0n) is 15.0. The lowest BCUT2D eigenvalue weighted by Gasteiger charge is -2.19. The summed E-state index contributed by atoms with van der Waals surface area (Å²) in [4.78, 5) is 12.0. The van der Waals surface area contributed by atoms with Gasteiger partial charge < -0.3 is 14.6 Å². The molecule has 0 radical (unpaired) electrons. The number of aryl methyl sites for hydroxylation is 1. The summed E-state index contributed by atoms with van der Waals surface area (Å²) in [6.07, 6.45) is 5.97. The molecule has 0 heterocycles. The van der Waals surface area contributed by atoms with E-state index >= 15 is 0 Å². The molecule has 0 atom stereocenters. The Morgan fingerprint density at radius 3 is 2.89 bits per heavy atom. The molecule has 1 amide bonds. The molecule has 7 heteroatoms. The number of ether oxygens (including phenoxy) is 2. The molecule has 6 nitrogen and oxygen atoms in total. The van der Waals surface area contributed by atoms with Crippen molar-refractivity contribution in [2.45, 2.75) is 25.7 Å². The Morgan fingerprint density at radius 1 is 1.26 bits per heavy atom. The molecule has 1 aliphatic carbocycles. The first kappa shape index (κ1) is 19.2. The van der Waals surface area contributed by atoms with Gasteiger partial charge in [-0.1, -0.05) is 6.07 Å². The van der Waals surface area contributed by atoms with Crippen molar-refractivity contribution in [3.8, 4) is 17.2 Å². The van der Waals surface area contributed by atoms with Gasteiger partial charge in [-0.25, -0.2) is 5.43 Å². The van der Waals surface area contributed by atoms with Crippen LogP contribution >= 0.6 is 15.9 Å². The minimum atomic E-state index is -0.360. The summed E-state index contributed by atoms with van der Waals surface area (Å²) in [7, 11) is 1.47. The van der Waals surface area contributed by atoms with Crippen molar-refractivity contribution in [2.24, 2.45) is 5.10 Å². The molecule has 27 heavy (non-hydrogen) atoms. The van der Waals surface area contributed by atoms with E-state index < -0.39 is 0 Å². The number of phenols is 1. The van der Waals surface area contributed by atoms with Crippen molar-refractivity contribution >= 4 is 28.1 Å². The van der Waals surface area contributed by atoms with Crippen LogP contribution in [0.25, 0.3) is 0 Å². The van der Waals surface area contributed by atoms with E-state index in [9.17, 15) is 9.90 Å². The van der Waals surface area contributed by atoms with Crippen molar-refractivity contribution in [1.29, 1.82) is 0 Å². The van der Waals surface area contributed by atoms with Crippen molar-refractivity contribution in [3.63, 3.8) is 0 Å². The van der Waals surface area contributed by atoms with Gasteiger partial charge in [0.1, 0.15) is 5.75 Å². The number of hydrogen-bond donors (Lipinski definition) is 2. The minimum absolute atomic E-state index is 0.0442. The van der Waals surface area contributed by atoms with E-state index in [4.69, 9.17) is 9.47 Å². The topological polar surface area (TPSA) is 80.2 Å². The first-order chi connectivity index (χ1) is 13.1. The molecule has 0 aliphatic heterocycles. The van der Waals surface area contributed by atoms with E-state index in [0.29, 0.717) is 17.1 Å². The fourth-order valence-electron chi connectivity index (χ4n) is 3.00. The second-order valence-electron chi connectivity index (χ2n) is 6.24. The number of methoxy groups -OCH3 is 1. The summed E-state index contributed by atoms with van der Waals surface area (Å²) < 4.78 is 11.6. The average molecular weight is 433 g/mol. The van der Waals surface area contributed by atoms with Crippen LogP contribution in [0.1, 0.15) is 29.5 Å². The van der Waals surface area contributed by atoms with Crippen molar-refractivity contribution in [1.82, 2.24) is 5.43 Å². The van der Waals surface area contributed by atoms with Crippen LogP contribution in [-0.4, -0.2) is 30.9 Å². The Kier molecular flexibility index (Phi) is 6.34. The van der Waals surface area contributed by atoms with Crippen LogP contribution in [0, 0.1) is 0 Å².